The van der Waals surface area contributed by atoms with E-state index in [1.54, 1.807) is 0 Å². The standard InChI is InChI=1S/C10H9F3N4O2/c11-10(12,13)2-4-14-6-1-3-16-17-7(9(18)19)5-15-8(6)17/h1,3,5,14H,2,4H2,(H,18,19). The third-order valence-corrected chi connectivity index (χ3v) is 2.35. The van der Waals surface area contributed by atoms with Gasteiger partial charge in [0.05, 0.1) is 24.5 Å². The van der Waals surface area contributed by atoms with Crippen molar-refractivity contribution in [1.82, 2.24) is 14.6 Å². The Morgan fingerprint density at radius 3 is 2.84 bits per heavy atom. The number of hydrogen-bond acceptors (Lipinski definition) is 4. The second-order valence-corrected chi connectivity index (χ2v) is 3.72. The van der Waals surface area contributed by atoms with E-state index >= 15 is 0 Å². The summed E-state index contributed by atoms with van der Waals surface area (Å²) in [5.41, 5.74) is 0.309. The maximum absolute atomic E-state index is 12.0. The quantitative estimate of drug-likeness (QED) is 0.888. The van der Waals surface area contributed by atoms with Crippen LogP contribution in [0.15, 0.2) is 18.5 Å². The molecule has 0 atom stereocenters. The number of fused-ring (bicyclic) bond motifs is 1. The lowest BCUT2D eigenvalue weighted by Crippen LogP contribution is -2.15. The van der Waals surface area contributed by atoms with Gasteiger partial charge in [0, 0.05) is 6.54 Å². The molecule has 2 heterocycles. The molecular formula is C10H9F3N4O2. The van der Waals surface area contributed by atoms with E-state index < -0.39 is 18.6 Å². The SMILES string of the molecule is O=C(O)c1cnc2c(NCCC(F)(F)F)ccnn12. The smallest absolute Gasteiger partial charge is 0.390 e. The number of carboxylic acid groups (broad SMARTS) is 1. The predicted octanol–water partition coefficient (Wildman–Crippen LogP) is 1.79. The van der Waals surface area contributed by atoms with E-state index in [-0.39, 0.29) is 17.9 Å². The molecule has 0 aliphatic rings. The van der Waals surface area contributed by atoms with E-state index in [9.17, 15) is 18.0 Å². The molecule has 0 unspecified atom stereocenters. The molecule has 2 N–H and O–H groups in total. The van der Waals surface area contributed by atoms with E-state index in [0.29, 0.717) is 5.69 Å². The van der Waals surface area contributed by atoms with Crippen LogP contribution < -0.4 is 5.32 Å². The summed E-state index contributed by atoms with van der Waals surface area (Å²) in [5.74, 6) is -1.22. The van der Waals surface area contributed by atoms with E-state index in [1.165, 1.54) is 12.3 Å². The number of imidazole rings is 1. The molecule has 0 aliphatic heterocycles. The van der Waals surface area contributed by atoms with Crippen LogP contribution in [-0.4, -0.2) is 38.4 Å². The van der Waals surface area contributed by atoms with Crippen molar-refractivity contribution in [2.24, 2.45) is 0 Å². The van der Waals surface area contributed by atoms with Gasteiger partial charge in [-0.2, -0.15) is 18.3 Å². The highest BCUT2D eigenvalue weighted by atomic mass is 19.4. The molecule has 0 aromatic carbocycles. The molecule has 2 aromatic heterocycles. The molecule has 0 spiro atoms. The van der Waals surface area contributed by atoms with Crippen LogP contribution in [0.2, 0.25) is 0 Å². The topological polar surface area (TPSA) is 79.5 Å². The van der Waals surface area contributed by atoms with E-state index in [2.05, 4.69) is 15.4 Å². The zero-order valence-corrected chi connectivity index (χ0v) is 9.48. The van der Waals surface area contributed by atoms with Gasteiger partial charge in [-0.25, -0.2) is 14.3 Å². The number of carboxylic acids is 1. The van der Waals surface area contributed by atoms with Crippen molar-refractivity contribution in [1.29, 1.82) is 0 Å². The Kier molecular flexibility index (Phi) is 3.28. The Labute approximate surface area is 104 Å². The van der Waals surface area contributed by atoms with Crippen LogP contribution in [0.4, 0.5) is 18.9 Å². The van der Waals surface area contributed by atoms with Crippen LogP contribution in [0.3, 0.4) is 0 Å². The number of nitrogens with one attached hydrogen (secondary N) is 1. The number of hydrogen-bond donors (Lipinski definition) is 2. The Balaban J connectivity index is 2.22. The summed E-state index contributed by atoms with van der Waals surface area (Å²) in [5, 5.41) is 15.2. The van der Waals surface area contributed by atoms with Gasteiger partial charge in [-0.05, 0) is 6.07 Å². The first-order valence-electron chi connectivity index (χ1n) is 5.25. The van der Waals surface area contributed by atoms with Gasteiger partial charge in [0.2, 0.25) is 0 Å². The second kappa shape index (κ2) is 4.75. The van der Waals surface area contributed by atoms with Crippen molar-refractivity contribution >= 4 is 17.3 Å². The molecule has 2 rings (SSSR count). The van der Waals surface area contributed by atoms with Crippen LogP contribution >= 0.6 is 0 Å². The van der Waals surface area contributed by atoms with Gasteiger partial charge in [-0.3, -0.25) is 0 Å². The first kappa shape index (κ1) is 13.1. The Hall–Kier alpha value is -2.32. The van der Waals surface area contributed by atoms with Crippen molar-refractivity contribution in [2.45, 2.75) is 12.6 Å². The normalized spacial score (nSPS) is 11.7. The lowest BCUT2D eigenvalue weighted by atomic mass is 10.4. The van der Waals surface area contributed by atoms with Gasteiger partial charge in [0.15, 0.2) is 11.3 Å². The number of halogens is 3. The average molecular weight is 274 g/mol. The number of rotatable bonds is 4. The molecule has 0 fully saturated rings. The number of nitrogens with zero attached hydrogens (tertiary/aromatic N) is 3. The maximum atomic E-state index is 12.0. The molecule has 2 aromatic rings. The summed E-state index contributed by atoms with van der Waals surface area (Å²) in [6, 6.07) is 1.43. The zero-order valence-electron chi connectivity index (χ0n) is 9.48. The molecule has 9 heteroatoms. The molecule has 6 nitrogen and oxygen atoms in total. The minimum Gasteiger partial charge on any atom is -0.476 e. The molecule has 0 saturated carbocycles. The minimum absolute atomic E-state index is 0.158. The van der Waals surface area contributed by atoms with Crippen LogP contribution in [0.5, 0.6) is 0 Å². The summed E-state index contributed by atoms with van der Waals surface area (Å²) in [6.45, 7) is -0.321. The molecule has 0 bridgehead atoms. The summed E-state index contributed by atoms with van der Waals surface area (Å²) in [7, 11) is 0. The van der Waals surface area contributed by atoms with Gasteiger partial charge < -0.3 is 10.4 Å². The number of alkyl halides is 3. The van der Waals surface area contributed by atoms with Crippen molar-refractivity contribution in [3.8, 4) is 0 Å². The van der Waals surface area contributed by atoms with Crippen molar-refractivity contribution in [2.75, 3.05) is 11.9 Å². The van der Waals surface area contributed by atoms with Crippen molar-refractivity contribution in [3.05, 3.63) is 24.2 Å². The number of carbonyl (C=O) groups is 1. The molecule has 19 heavy (non-hydrogen) atoms. The van der Waals surface area contributed by atoms with Gasteiger partial charge >= 0.3 is 12.1 Å². The second-order valence-electron chi connectivity index (χ2n) is 3.72. The average Bonchev–Trinajstić information content (AvgIpc) is 2.71. The Bertz CT molecular complexity index is 608. The fourth-order valence-corrected chi connectivity index (χ4v) is 1.52. The minimum atomic E-state index is -4.25. The molecule has 0 saturated heterocycles. The Morgan fingerprint density at radius 1 is 1.47 bits per heavy atom. The molecule has 102 valence electrons. The number of aromatic nitrogens is 3. The summed E-state index contributed by atoms with van der Waals surface area (Å²) in [4.78, 5) is 14.7. The third kappa shape index (κ3) is 2.92. The summed E-state index contributed by atoms with van der Waals surface area (Å²) < 4.78 is 37.1. The van der Waals surface area contributed by atoms with Gasteiger partial charge in [-0.1, -0.05) is 0 Å². The summed E-state index contributed by atoms with van der Waals surface area (Å²) in [6.07, 6.45) is -2.86. The van der Waals surface area contributed by atoms with Gasteiger partial charge in [0.25, 0.3) is 0 Å². The fraction of sp³-hybridized carbons (Fsp3) is 0.300. The first-order valence-corrected chi connectivity index (χ1v) is 5.25. The fourth-order valence-electron chi connectivity index (χ4n) is 1.52. The molecular weight excluding hydrogens is 265 g/mol. The van der Waals surface area contributed by atoms with Crippen molar-refractivity contribution in [3.63, 3.8) is 0 Å². The van der Waals surface area contributed by atoms with Crippen LogP contribution in [-0.2, 0) is 0 Å². The summed E-state index contributed by atoms with van der Waals surface area (Å²) >= 11 is 0. The number of aromatic carboxylic acids is 1. The first-order chi connectivity index (χ1) is 8.88. The van der Waals surface area contributed by atoms with E-state index in [4.69, 9.17) is 5.11 Å². The van der Waals surface area contributed by atoms with E-state index in [0.717, 1.165) is 10.7 Å². The Morgan fingerprint density at radius 2 is 2.21 bits per heavy atom. The highest BCUT2D eigenvalue weighted by Crippen LogP contribution is 2.21. The van der Waals surface area contributed by atoms with Gasteiger partial charge in [-0.15, -0.1) is 0 Å². The maximum Gasteiger partial charge on any atom is 0.390 e. The monoisotopic (exact) mass is 274 g/mol. The molecule has 0 radical (unpaired) electrons. The van der Waals surface area contributed by atoms with Crippen LogP contribution in [0.1, 0.15) is 16.9 Å². The zero-order chi connectivity index (χ0) is 14.0. The van der Waals surface area contributed by atoms with Gasteiger partial charge in [0.1, 0.15) is 0 Å². The highest BCUT2D eigenvalue weighted by molar-refractivity contribution is 5.87. The highest BCUT2D eigenvalue weighted by Gasteiger charge is 2.26. The molecule has 0 amide bonds. The lowest BCUT2D eigenvalue weighted by Gasteiger charge is -2.09. The third-order valence-electron chi connectivity index (χ3n) is 2.35. The molecule has 0 aliphatic carbocycles. The lowest BCUT2D eigenvalue weighted by molar-refractivity contribution is -0.131. The van der Waals surface area contributed by atoms with Crippen LogP contribution in [0, 0.1) is 0 Å². The number of anilines is 1. The van der Waals surface area contributed by atoms with Crippen LogP contribution in [0.25, 0.3) is 5.65 Å². The largest absolute Gasteiger partial charge is 0.476 e. The predicted molar refractivity (Wildman–Crippen MR) is 59.1 cm³/mol. The van der Waals surface area contributed by atoms with E-state index in [1.807, 2.05) is 0 Å². The van der Waals surface area contributed by atoms with Crippen molar-refractivity contribution < 1.29 is 23.1 Å².